The van der Waals surface area contributed by atoms with Crippen molar-refractivity contribution in [2.75, 3.05) is 24.6 Å². The van der Waals surface area contributed by atoms with Gasteiger partial charge in [-0.2, -0.15) is 4.31 Å². The second kappa shape index (κ2) is 5.80. The predicted molar refractivity (Wildman–Crippen MR) is 76.4 cm³/mol. The summed E-state index contributed by atoms with van der Waals surface area (Å²) < 4.78 is 49.3. The molecule has 6 nitrogen and oxygen atoms in total. The SMILES string of the molecule is NCc1cccc(S(=O)(=O)N2CCCS(=O)(=O)CC2)c1. The van der Waals surface area contributed by atoms with Crippen molar-refractivity contribution in [2.45, 2.75) is 17.9 Å². The van der Waals surface area contributed by atoms with Gasteiger partial charge in [0.2, 0.25) is 10.0 Å². The van der Waals surface area contributed by atoms with Crippen molar-refractivity contribution in [3.05, 3.63) is 29.8 Å². The fraction of sp³-hybridized carbons (Fsp3) is 0.500. The highest BCUT2D eigenvalue weighted by molar-refractivity contribution is 7.91. The van der Waals surface area contributed by atoms with Crippen molar-refractivity contribution in [3.63, 3.8) is 0 Å². The Morgan fingerprint density at radius 2 is 1.95 bits per heavy atom. The molecule has 1 aliphatic heterocycles. The summed E-state index contributed by atoms with van der Waals surface area (Å²) in [4.78, 5) is 0.166. The van der Waals surface area contributed by atoms with E-state index < -0.39 is 19.9 Å². The van der Waals surface area contributed by atoms with Crippen molar-refractivity contribution < 1.29 is 16.8 Å². The van der Waals surface area contributed by atoms with E-state index in [9.17, 15) is 16.8 Å². The topological polar surface area (TPSA) is 97.5 Å². The molecule has 2 rings (SSSR count). The Labute approximate surface area is 119 Å². The molecule has 0 bridgehead atoms. The van der Waals surface area contributed by atoms with E-state index in [4.69, 9.17) is 5.73 Å². The summed E-state index contributed by atoms with van der Waals surface area (Å²) in [6, 6.07) is 6.44. The van der Waals surface area contributed by atoms with E-state index in [1.54, 1.807) is 12.1 Å². The van der Waals surface area contributed by atoms with Gasteiger partial charge in [0.25, 0.3) is 0 Å². The van der Waals surface area contributed by atoms with Crippen molar-refractivity contribution in [1.82, 2.24) is 4.31 Å². The lowest BCUT2D eigenvalue weighted by molar-refractivity contribution is 0.434. The van der Waals surface area contributed by atoms with Crippen LogP contribution in [0, 0.1) is 0 Å². The zero-order valence-corrected chi connectivity index (χ0v) is 12.7. The molecule has 0 amide bonds. The molecule has 0 aromatic heterocycles. The molecule has 112 valence electrons. The predicted octanol–water partition coefficient (Wildman–Crippen LogP) is -0.0455. The first-order valence-electron chi connectivity index (χ1n) is 6.35. The molecule has 8 heteroatoms. The lowest BCUT2D eigenvalue weighted by Crippen LogP contribution is -2.33. The van der Waals surface area contributed by atoms with E-state index in [0.29, 0.717) is 6.42 Å². The third kappa shape index (κ3) is 3.38. The van der Waals surface area contributed by atoms with Crippen LogP contribution in [0.15, 0.2) is 29.2 Å². The van der Waals surface area contributed by atoms with Crippen molar-refractivity contribution >= 4 is 19.9 Å². The van der Waals surface area contributed by atoms with E-state index in [-0.39, 0.29) is 36.0 Å². The van der Waals surface area contributed by atoms with Crippen molar-refractivity contribution in [2.24, 2.45) is 5.73 Å². The van der Waals surface area contributed by atoms with Crippen LogP contribution < -0.4 is 5.73 Å². The molecule has 1 aliphatic rings. The fourth-order valence-corrected chi connectivity index (χ4v) is 5.08. The van der Waals surface area contributed by atoms with Gasteiger partial charge in [-0.3, -0.25) is 0 Å². The van der Waals surface area contributed by atoms with E-state index >= 15 is 0 Å². The molecule has 0 spiro atoms. The zero-order valence-electron chi connectivity index (χ0n) is 11.0. The molecule has 1 saturated heterocycles. The third-order valence-electron chi connectivity index (χ3n) is 3.29. The third-order valence-corrected chi connectivity index (χ3v) is 6.90. The highest BCUT2D eigenvalue weighted by Gasteiger charge is 2.28. The van der Waals surface area contributed by atoms with E-state index in [1.807, 2.05) is 0 Å². The quantitative estimate of drug-likeness (QED) is 0.843. The first kappa shape index (κ1) is 15.4. The second-order valence-electron chi connectivity index (χ2n) is 4.76. The largest absolute Gasteiger partial charge is 0.326 e. The lowest BCUT2D eigenvalue weighted by atomic mass is 10.2. The van der Waals surface area contributed by atoms with E-state index in [1.165, 1.54) is 16.4 Å². The maximum absolute atomic E-state index is 12.5. The molecule has 1 heterocycles. The normalized spacial score (nSPS) is 20.4. The molecule has 1 fully saturated rings. The molecule has 20 heavy (non-hydrogen) atoms. The van der Waals surface area contributed by atoms with Crippen LogP contribution in [0.3, 0.4) is 0 Å². The van der Waals surface area contributed by atoms with Crippen LogP contribution in [0.4, 0.5) is 0 Å². The fourth-order valence-electron chi connectivity index (χ4n) is 2.14. The summed E-state index contributed by atoms with van der Waals surface area (Å²) in [5.41, 5.74) is 6.24. The summed E-state index contributed by atoms with van der Waals surface area (Å²) in [7, 11) is -6.79. The Morgan fingerprint density at radius 3 is 2.65 bits per heavy atom. The summed E-state index contributed by atoms with van der Waals surface area (Å²) >= 11 is 0. The molecule has 0 atom stereocenters. The zero-order chi connectivity index (χ0) is 14.8. The number of sulfonamides is 1. The average Bonchev–Trinajstić information content (AvgIpc) is 2.60. The molecule has 1 aromatic carbocycles. The van der Waals surface area contributed by atoms with Gasteiger partial charge in [0.05, 0.1) is 16.4 Å². The van der Waals surface area contributed by atoms with Gasteiger partial charge >= 0.3 is 0 Å². The first-order valence-corrected chi connectivity index (χ1v) is 9.61. The van der Waals surface area contributed by atoms with Gasteiger partial charge in [-0.15, -0.1) is 0 Å². The van der Waals surface area contributed by atoms with Gasteiger partial charge in [0.15, 0.2) is 9.84 Å². The van der Waals surface area contributed by atoms with Crippen LogP contribution in [0.1, 0.15) is 12.0 Å². The summed E-state index contributed by atoms with van der Waals surface area (Å²) in [6.07, 6.45) is 0.331. The summed E-state index contributed by atoms with van der Waals surface area (Å²) in [5.74, 6) is -0.0787. The Morgan fingerprint density at radius 1 is 1.20 bits per heavy atom. The first-order chi connectivity index (χ1) is 9.35. The summed E-state index contributed by atoms with van der Waals surface area (Å²) in [6.45, 7) is 0.504. The molecule has 0 saturated carbocycles. The maximum atomic E-state index is 12.5. The second-order valence-corrected chi connectivity index (χ2v) is 9.00. The van der Waals surface area contributed by atoms with Gasteiger partial charge < -0.3 is 5.73 Å². The van der Waals surface area contributed by atoms with Gasteiger partial charge in [0, 0.05) is 19.6 Å². The smallest absolute Gasteiger partial charge is 0.243 e. The van der Waals surface area contributed by atoms with E-state index in [0.717, 1.165) is 5.56 Å². The van der Waals surface area contributed by atoms with Gasteiger partial charge in [-0.1, -0.05) is 12.1 Å². The monoisotopic (exact) mass is 318 g/mol. The average molecular weight is 318 g/mol. The van der Waals surface area contributed by atoms with Gasteiger partial charge in [-0.05, 0) is 24.1 Å². The Balaban J connectivity index is 2.30. The van der Waals surface area contributed by atoms with Gasteiger partial charge in [0.1, 0.15) is 0 Å². The molecule has 0 radical (unpaired) electrons. The number of nitrogens with zero attached hydrogens (tertiary/aromatic N) is 1. The van der Waals surface area contributed by atoms with Crippen LogP contribution in [-0.2, 0) is 26.4 Å². The van der Waals surface area contributed by atoms with Crippen LogP contribution in [-0.4, -0.2) is 45.7 Å². The van der Waals surface area contributed by atoms with Crippen LogP contribution in [0.2, 0.25) is 0 Å². The summed E-state index contributed by atoms with van der Waals surface area (Å²) in [5, 5.41) is 0. The van der Waals surface area contributed by atoms with Crippen molar-refractivity contribution in [1.29, 1.82) is 0 Å². The standard InChI is InChI=1S/C12H18N2O4S2/c13-10-11-3-1-4-12(9-11)20(17,18)14-5-2-7-19(15,16)8-6-14/h1,3-4,9H,2,5-8,10,13H2. The highest BCUT2D eigenvalue weighted by atomic mass is 32.2. The molecule has 0 aliphatic carbocycles. The number of hydrogen-bond acceptors (Lipinski definition) is 5. The number of hydrogen-bond donors (Lipinski definition) is 1. The minimum absolute atomic E-state index is 0.0114. The minimum atomic E-state index is -3.65. The highest BCUT2D eigenvalue weighted by Crippen LogP contribution is 2.19. The minimum Gasteiger partial charge on any atom is -0.326 e. The number of sulfone groups is 1. The van der Waals surface area contributed by atoms with Crippen molar-refractivity contribution in [3.8, 4) is 0 Å². The maximum Gasteiger partial charge on any atom is 0.243 e. The number of nitrogens with two attached hydrogens (primary N) is 1. The molecular weight excluding hydrogens is 300 g/mol. The van der Waals surface area contributed by atoms with Crippen LogP contribution in [0.25, 0.3) is 0 Å². The molecule has 0 unspecified atom stereocenters. The van der Waals surface area contributed by atoms with E-state index in [2.05, 4.69) is 0 Å². The lowest BCUT2D eigenvalue weighted by Gasteiger charge is -2.19. The number of benzene rings is 1. The molecule has 1 aromatic rings. The Bertz CT molecular complexity index is 683. The Kier molecular flexibility index (Phi) is 4.48. The Hall–Kier alpha value is -0.960. The van der Waals surface area contributed by atoms with Crippen LogP contribution >= 0.6 is 0 Å². The van der Waals surface area contributed by atoms with Crippen LogP contribution in [0.5, 0.6) is 0 Å². The molecule has 2 N–H and O–H groups in total. The number of rotatable bonds is 3. The molecular formula is C12H18N2O4S2. The van der Waals surface area contributed by atoms with Gasteiger partial charge in [-0.25, -0.2) is 16.8 Å².